The van der Waals surface area contributed by atoms with Gasteiger partial charge in [-0.3, -0.25) is 0 Å². The highest BCUT2D eigenvalue weighted by molar-refractivity contribution is 4.76. The molecule has 0 aromatic rings. The third-order valence-electron chi connectivity index (χ3n) is 2.50. The predicted octanol–water partition coefficient (Wildman–Crippen LogP) is 0.594. The summed E-state index contributed by atoms with van der Waals surface area (Å²) in [5, 5.41) is 6.70. The Morgan fingerprint density at radius 3 is 2.90 bits per heavy atom. The number of nitrogens with one attached hydrogen (secondary N) is 2. The van der Waals surface area contributed by atoms with Gasteiger partial charge in [-0.15, -0.1) is 0 Å². The standard InChI is InChI=1S/C8H18N2/c1-7(9-2)8-4-3-5-10-6-8/h7-10H,3-6H2,1-2H3. The highest BCUT2D eigenvalue weighted by atomic mass is 14.9. The summed E-state index contributed by atoms with van der Waals surface area (Å²) >= 11 is 0. The smallest absolute Gasteiger partial charge is 0.00761 e. The Morgan fingerprint density at radius 2 is 2.40 bits per heavy atom. The minimum absolute atomic E-state index is 0.674. The lowest BCUT2D eigenvalue weighted by atomic mass is 9.93. The van der Waals surface area contributed by atoms with Gasteiger partial charge in [-0.2, -0.15) is 0 Å². The van der Waals surface area contributed by atoms with E-state index in [1.165, 1.54) is 25.9 Å². The summed E-state index contributed by atoms with van der Waals surface area (Å²) in [5.74, 6) is 0.846. The molecule has 0 aromatic heterocycles. The molecule has 1 fully saturated rings. The molecule has 60 valence electrons. The summed E-state index contributed by atoms with van der Waals surface area (Å²) in [6.45, 7) is 4.67. The van der Waals surface area contributed by atoms with Crippen LogP contribution >= 0.6 is 0 Å². The lowest BCUT2D eigenvalue weighted by molar-refractivity contribution is 0.308. The van der Waals surface area contributed by atoms with E-state index in [-0.39, 0.29) is 0 Å². The van der Waals surface area contributed by atoms with Crippen LogP contribution in [0.5, 0.6) is 0 Å². The second-order valence-electron chi connectivity index (χ2n) is 3.18. The van der Waals surface area contributed by atoms with Gasteiger partial charge in [0.15, 0.2) is 0 Å². The summed E-state index contributed by atoms with van der Waals surface area (Å²) in [6, 6.07) is 0.674. The van der Waals surface area contributed by atoms with Crippen LogP contribution in [0.3, 0.4) is 0 Å². The van der Waals surface area contributed by atoms with Gasteiger partial charge in [0.05, 0.1) is 0 Å². The van der Waals surface area contributed by atoms with E-state index in [1.54, 1.807) is 0 Å². The quantitative estimate of drug-likeness (QED) is 0.590. The van der Waals surface area contributed by atoms with Crippen molar-refractivity contribution < 1.29 is 0 Å². The average molecular weight is 142 g/mol. The van der Waals surface area contributed by atoms with Crippen molar-refractivity contribution in [1.82, 2.24) is 10.6 Å². The van der Waals surface area contributed by atoms with Crippen molar-refractivity contribution in [3.8, 4) is 0 Å². The molecule has 2 nitrogen and oxygen atoms in total. The molecule has 1 aliphatic rings. The van der Waals surface area contributed by atoms with E-state index >= 15 is 0 Å². The topological polar surface area (TPSA) is 24.1 Å². The fourth-order valence-electron chi connectivity index (χ4n) is 1.54. The minimum atomic E-state index is 0.674. The number of hydrogen-bond donors (Lipinski definition) is 2. The van der Waals surface area contributed by atoms with Crippen molar-refractivity contribution >= 4 is 0 Å². The molecule has 1 aliphatic heterocycles. The predicted molar refractivity (Wildman–Crippen MR) is 44.1 cm³/mol. The van der Waals surface area contributed by atoms with Crippen LogP contribution in [0.25, 0.3) is 0 Å². The van der Waals surface area contributed by atoms with Crippen molar-refractivity contribution in [1.29, 1.82) is 0 Å². The zero-order valence-electron chi connectivity index (χ0n) is 6.98. The van der Waals surface area contributed by atoms with Crippen molar-refractivity contribution in [3.63, 3.8) is 0 Å². The van der Waals surface area contributed by atoms with Gasteiger partial charge in [-0.1, -0.05) is 0 Å². The maximum atomic E-state index is 3.41. The van der Waals surface area contributed by atoms with Crippen molar-refractivity contribution in [2.75, 3.05) is 20.1 Å². The first-order chi connectivity index (χ1) is 4.84. The Labute approximate surface area is 63.4 Å². The molecular weight excluding hydrogens is 124 g/mol. The van der Waals surface area contributed by atoms with Crippen LogP contribution in [-0.2, 0) is 0 Å². The van der Waals surface area contributed by atoms with Crippen LogP contribution in [0.4, 0.5) is 0 Å². The van der Waals surface area contributed by atoms with Crippen LogP contribution in [0.15, 0.2) is 0 Å². The van der Waals surface area contributed by atoms with Gasteiger partial charge in [0, 0.05) is 6.04 Å². The maximum Gasteiger partial charge on any atom is 0.00761 e. The first-order valence-corrected chi connectivity index (χ1v) is 4.22. The van der Waals surface area contributed by atoms with E-state index < -0.39 is 0 Å². The highest BCUT2D eigenvalue weighted by Crippen LogP contribution is 2.13. The molecule has 10 heavy (non-hydrogen) atoms. The monoisotopic (exact) mass is 142 g/mol. The molecule has 2 unspecified atom stereocenters. The number of piperidine rings is 1. The maximum absolute atomic E-state index is 3.41. The summed E-state index contributed by atoms with van der Waals surface area (Å²) in [6.07, 6.45) is 2.73. The Balaban J connectivity index is 2.24. The SMILES string of the molecule is CNC(C)C1CCCNC1. The van der Waals surface area contributed by atoms with Crippen molar-refractivity contribution in [2.24, 2.45) is 5.92 Å². The van der Waals surface area contributed by atoms with E-state index in [2.05, 4.69) is 17.6 Å². The summed E-state index contributed by atoms with van der Waals surface area (Å²) in [7, 11) is 2.04. The van der Waals surface area contributed by atoms with Gasteiger partial charge >= 0.3 is 0 Å². The first-order valence-electron chi connectivity index (χ1n) is 4.22. The Bertz CT molecular complexity index is 87.3. The fourth-order valence-corrected chi connectivity index (χ4v) is 1.54. The van der Waals surface area contributed by atoms with Gasteiger partial charge in [-0.05, 0) is 45.8 Å². The van der Waals surface area contributed by atoms with Crippen molar-refractivity contribution in [2.45, 2.75) is 25.8 Å². The van der Waals surface area contributed by atoms with Gasteiger partial charge in [0.1, 0.15) is 0 Å². The molecule has 2 N–H and O–H groups in total. The van der Waals surface area contributed by atoms with Crippen molar-refractivity contribution in [3.05, 3.63) is 0 Å². The number of rotatable bonds is 2. The summed E-state index contributed by atoms with van der Waals surface area (Å²) in [4.78, 5) is 0. The molecule has 0 amide bonds. The van der Waals surface area contributed by atoms with E-state index in [0.29, 0.717) is 6.04 Å². The average Bonchev–Trinajstić information content (AvgIpc) is 2.05. The highest BCUT2D eigenvalue weighted by Gasteiger charge is 2.17. The van der Waals surface area contributed by atoms with E-state index in [0.717, 1.165) is 5.92 Å². The van der Waals surface area contributed by atoms with E-state index in [4.69, 9.17) is 0 Å². The molecule has 1 heterocycles. The zero-order valence-corrected chi connectivity index (χ0v) is 6.98. The third kappa shape index (κ3) is 1.96. The van der Waals surface area contributed by atoms with Crippen LogP contribution in [0.2, 0.25) is 0 Å². The molecule has 0 aromatic carbocycles. The Hall–Kier alpha value is -0.0800. The van der Waals surface area contributed by atoms with E-state index in [1.807, 2.05) is 7.05 Å². The normalized spacial score (nSPS) is 30.0. The van der Waals surface area contributed by atoms with Crippen LogP contribution in [0.1, 0.15) is 19.8 Å². The van der Waals surface area contributed by atoms with Crippen LogP contribution in [-0.4, -0.2) is 26.2 Å². The van der Waals surface area contributed by atoms with Crippen LogP contribution in [0, 0.1) is 5.92 Å². The molecule has 0 spiro atoms. The molecule has 1 rings (SSSR count). The molecule has 2 atom stereocenters. The summed E-state index contributed by atoms with van der Waals surface area (Å²) in [5.41, 5.74) is 0. The fraction of sp³-hybridized carbons (Fsp3) is 1.00. The second-order valence-corrected chi connectivity index (χ2v) is 3.18. The van der Waals surface area contributed by atoms with Gasteiger partial charge in [-0.25, -0.2) is 0 Å². The Morgan fingerprint density at radius 1 is 1.60 bits per heavy atom. The van der Waals surface area contributed by atoms with E-state index in [9.17, 15) is 0 Å². The molecule has 0 radical (unpaired) electrons. The molecule has 1 saturated heterocycles. The molecule has 0 aliphatic carbocycles. The van der Waals surface area contributed by atoms with Gasteiger partial charge in [0.25, 0.3) is 0 Å². The second kappa shape index (κ2) is 3.94. The minimum Gasteiger partial charge on any atom is -0.317 e. The lowest BCUT2D eigenvalue weighted by Gasteiger charge is -2.27. The Kier molecular flexibility index (Phi) is 3.16. The zero-order chi connectivity index (χ0) is 7.40. The third-order valence-corrected chi connectivity index (χ3v) is 2.50. The molecular formula is C8H18N2. The molecule has 0 bridgehead atoms. The molecule has 0 saturated carbocycles. The van der Waals surface area contributed by atoms with Crippen LogP contribution < -0.4 is 10.6 Å². The van der Waals surface area contributed by atoms with Gasteiger partial charge < -0.3 is 10.6 Å². The molecule has 2 heteroatoms. The first kappa shape index (κ1) is 8.02. The van der Waals surface area contributed by atoms with Gasteiger partial charge in [0.2, 0.25) is 0 Å². The summed E-state index contributed by atoms with van der Waals surface area (Å²) < 4.78 is 0. The number of hydrogen-bond acceptors (Lipinski definition) is 2. The lowest BCUT2D eigenvalue weighted by Crippen LogP contribution is -2.40. The largest absolute Gasteiger partial charge is 0.317 e.